The maximum absolute atomic E-state index is 12.4. The van der Waals surface area contributed by atoms with Crippen LogP contribution in [0.15, 0.2) is 53.3 Å². The summed E-state index contributed by atoms with van der Waals surface area (Å²) < 4.78 is 13.7. The van der Waals surface area contributed by atoms with Crippen molar-refractivity contribution in [3.8, 4) is 17.6 Å². The number of ether oxygens (including phenoxy) is 2. The molecule has 170 valence electrons. The lowest BCUT2D eigenvalue weighted by molar-refractivity contribution is -0.114. The summed E-state index contributed by atoms with van der Waals surface area (Å²) in [6.07, 6.45) is 11.3. The van der Waals surface area contributed by atoms with Gasteiger partial charge in [0.05, 0.1) is 25.8 Å². The maximum atomic E-state index is 12.4. The van der Waals surface area contributed by atoms with Gasteiger partial charge in [-0.2, -0.15) is 5.26 Å². The van der Waals surface area contributed by atoms with Crippen LogP contribution >= 0.6 is 0 Å². The molecule has 0 unspecified atom stereocenters. The Kier molecular flexibility index (Phi) is 5.91. The lowest BCUT2D eigenvalue weighted by atomic mass is 10.1. The number of Topliss-reactive ketones (excluding diaryl/α,β-unsaturated/α-hetero) is 1. The predicted molar refractivity (Wildman–Crippen MR) is 128 cm³/mol. The summed E-state index contributed by atoms with van der Waals surface area (Å²) >= 11 is 0. The topological polar surface area (TPSA) is 102 Å². The standard InChI is InChI=1S/C26H23N5O3/c1-33-22-10-4-6-17(25(22)34-19-7-2-3-8-19)11-12-23-30-20-9-5-13-28-26(20)31(23)24-14-21(32)18(15-27)16-29-24/h4-6,9-13,16,19H,2-3,7-8,14H2,1H3/b12-11+. The van der Waals surface area contributed by atoms with E-state index in [1.165, 1.54) is 19.0 Å². The molecule has 0 amide bonds. The van der Waals surface area contributed by atoms with E-state index in [-0.39, 0.29) is 23.9 Å². The Morgan fingerprint density at radius 1 is 1.18 bits per heavy atom. The highest BCUT2D eigenvalue weighted by atomic mass is 16.5. The van der Waals surface area contributed by atoms with E-state index in [4.69, 9.17) is 19.7 Å². The summed E-state index contributed by atoms with van der Waals surface area (Å²) in [5.41, 5.74) is 2.19. The molecule has 8 nitrogen and oxygen atoms in total. The van der Waals surface area contributed by atoms with Crippen LogP contribution in [-0.2, 0) is 4.79 Å². The Hall–Kier alpha value is -4.25. The van der Waals surface area contributed by atoms with Gasteiger partial charge in [0.1, 0.15) is 28.8 Å². The van der Waals surface area contributed by atoms with Crippen molar-refractivity contribution in [1.29, 1.82) is 5.26 Å². The molecule has 0 saturated heterocycles. The number of rotatable bonds is 5. The van der Waals surface area contributed by atoms with Crippen molar-refractivity contribution in [3.63, 3.8) is 0 Å². The number of benzene rings is 1. The molecule has 0 radical (unpaired) electrons. The van der Waals surface area contributed by atoms with Gasteiger partial charge >= 0.3 is 0 Å². The number of carbonyl (C=O) groups is 1. The van der Waals surface area contributed by atoms with E-state index >= 15 is 0 Å². The molecule has 0 spiro atoms. The number of methoxy groups -OCH3 is 1. The third-order valence-electron chi connectivity index (χ3n) is 6.01. The lowest BCUT2D eigenvalue weighted by Crippen LogP contribution is -2.21. The van der Waals surface area contributed by atoms with Crippen molar-refractivity contribution in [2.24, 2.45) is 4.99 Å². The normalized spacial score (nSPS) is 16.5. The van der Waals surface area contributed by atoms with E-state index in [0.717, 1.165) is 18.4 Å². The van der Waals surface area contributed by atoms with Crippen LogP contribution in [0.25, 0.3) is 23.3 Å². The molecule has 2 aromatic heterocycles. The molecular formula is C26H23N5O3. The molecule has 0 atom stereocenters. The maximum Gasteiger partial charge on any atom is 0.182 e. The fraction of sp³-hybridized carbons (Fsp3) is 0.269. The van der Waals surface area contributed by atoms with Gasteiger partial charge < -0.3 is 9.47 Å². The van der Waals surface area contributed by atoms with E-state index in [1.54, 1.807) is 17.9 Å². The average molecular weight is 454 g/mol. The molecule has 5 rings (SSSR count). The summed E-state index contributed by atoms with van der Waals surface area (Å²) in [6, 6.07) is 11.3. The van der Waals surface area contributed by atoms with Gasteiger partial charge in [-0.3, -0.25) is 9.36 Å². The van der Waals surface area contributed by atoms with Crippen molar-refractivity contribution < 1.29 is 14.3 Å². The van der Waals surface area contributed by atoms with Gasteiger partial charge in [0.2, 0.25) is 0 Å². The Bertz CT molecular complexity index is 1390. The third-order valence-corrected chi connectivity index (χ3v) is 6.01. The van der Waals surface area contributed by atoms with E-state index in [2.05, 4.69) is 9.98 Å². The number of aliphatic imine (C=N–C) groups is 1. The van der Waals surface area contributed by atoms with Gasteiger partial charge in [-0.1, -0.05) is 12.1 Å². The molecule has 2 aliphatic rings. The van der Waals surface area contributed by atoms with Crippen molar-refractivity contribution in [2.45, 2.75) is 38.2 Å². The number of hydrogen-bond acceptors (Lipinski definition) is 7. The second kappa shape index (κ2) is 9.32. The average Bonchev–Trinajstić information content (AvgIpc) is 3.50. The molecule has 34 heavy (non-hydrogen) atoms. The number of nitrogens with zero attached hydrogens (tertiary/aromatic N) is 5. The van der Waals surface area contributed by atoms with Gasteiger partial charge in [0, 0.05) is 11.8 Å². The zero-order valence-corrected chi connectivity index (χ0v) is 18.8. The van der Waals surface area contributed by atoms with Crippen molar-refractivity contribution >= 4 is 34.9 Å². The van der Waals surface area contributed by atoms with Crippen LogP contribution in [0.1, 0.15) is 43.5 Å². The second-order valence-electron chi connectivity index (χ2n) is 8.19. The Labute approximate surface area is 196 Å². The first-order chi connectivity index (χ1) is 16.7. The third kappa shape index (κ3) is 4.08. The fourth-order valence-electron chi connectivity index (χ4n) is 4.31. The van der Waals surface area contributed by atoms with Crippen molar-refractivity contribution in [3.05, 3.63) is 59.7 Å². The quantitative estimate of drug-likeness (QED) is 0.561. The van der Waals surface area contributed by atoms with Gasteiger partial charge in [-0.05, 0) is 56.0 Å². The van der Waals surface area contributed by atoms with Crippen molar-refractivity contribution in [1.82, 2.24) is 14.5 Å². The van der Waals surface area contributed by atoms with Crippen LogP contribution in [0, 0.1) is 11.3 Å². The van der Waals surface area contributed by atoms with E-state index < -0.39 is 0 Å². The zero-order chi connectivity index (χ0) is 23.5. The number of hydrogen-bond donors (Lipinski definition) is 0. The molecule has 1 aliphatic heterocycles. The lowest BCUT2D eigenvalue weighted by Gasteiger charge is -2.18. The molecule has 3 aromatic rings. The first-order valence-electron chi connectivity index (χ1n) is 11.2. The van der Waals surface area contributed by atoms with Gasteiger partial charge in [-0.25, -0.2) is 15.0 Å². The number of aromatic nitrogens is 3. The zero-order valence-electron chi connectivity index (χ0n) is 18.8. The van der Waals surface area contributed by atoms with Crippen LogP contribution in [0.3, 0.4) is 0 Å². The molecule has 0 bridgehead atoms. The largest absolute Gasteiger partial charge is 0.493 e. The Morgan fingerprint density at radius 2 is 2.03 bits per heavy atom. The Morgan fingerprint density at radius 3 is 2.79 bits per heavy atom. The first kappa shape index (κ1) is 21.6. The molecule has 0 N–H and O–H groups in total. The second-order valence-corrected chi connectivity index (χ2v) is 8.19. The van der Waals surface area contributed by atoms with Crippen LogP contribution in [0.5, 0.6) is 11.5 Å². The fourth-order valence-corrected chi connectivity index (χ4v) is 4.31. The molecule has 1 aromatic carbocycles. The monoisotopic (exact) mass is 453 g/mol. The number of carbonyl (C=O) groups excluding carboxylic acids is 1. The van der Waals surface area contributed by atoms with E-state index in [0.29, 0.717) is 34.3 Å². The van der Waals surface area contributed by atoms with Gasteiger partial charge in [0.15, 0.2) is 22.9 Å². The molecule has 1 saturated carbocycles. The van der Waals surface area contributed by atoms with E-state index in [9.17, 15) is 4.79 Å². The highest BCUT2D eigenvalue weighted by Gasteiger charge is 2.23. The number of ketones is 1. The SMILES string of the molecule is COc1cccc(/C=C/c2nc3cccnc3n2C2=NC=C(C#N)C(=O)C2)c1OC1CCCC1. The van der Waals surface area contributed by atoms with E-state index in [1.807, 2.05) is 48.6 Å². The van der Waals surface area contributed by atoms with Crippen LogP contribution in [0.4, 0.5) is 0 Å². The molecular weight excluding hydrogens is 430 g/mol. The van der Waals surface area contributed by atoms with Crippen LogP contribution < -0.4 is 9.47 Å². The van der Waals surface area contributed by atoms with Crippen LogP contribution in [-0.4, -0.2) is 39.4 Å². The highest BCUT2D eigenvalue weighted by Crippen LogP contribution is 2.36. The minimum Gasteiger partial charge on any atom is -0.493 e. The molecule has 3 heterocycles. The first-order valence-corrected chi connectivity index (χ1v) is 11.2. The highest BCUT2D eigenvalue weighted by molar-refractivity contribution is 6.14. The van der Waals surface area contributed by atoms with Crippen molar-refractivity contribution in [2.75, 3.05) is 7.11 Å². The molecule has 8 heteroatoms. The number of fused-ring (bicyclic) bond motifs is 1. The van der Waals surface area contributed by atoms with Gasteiger partial charge in [-0.15, -0.1) is 0 Å². The summed E-state index contributed by atoms with van der Waals surface area (Å²) in [4.78, 5) is 25.9. The molecule has 1 fully saturated rings. The molecule has 1 aliphatic carbocycles. The number of pyridine rings is 1. The number of para-hydroxylation sites is 1. The minimum absolute atomic E-state index is 0.00251. The summed E-state index contributed by atoms with van der Waals surface area (Å²) in [7, 11) is 1.64. The summed E-state index contributed by atoms with van der Waals surface area (Å²) in [5.74, 6) is 2.16. The summed E-state index contributed by atoms with van der Waals surface area (Å²) in [5, 5.41) is 9.11. The minimum atomic E-state index is -0.278. The Balaban J connectivity index is 1.57. The van der Waals surface area contributed by atoms with Gasteiger partial charge in [0.25, 0.3) is 0 Å². The number of nitriles is 1. The smallest absolute Gasteiger partial charge is 0.182 e. The predicted octanol–water partition coefficient (Wildman–Crippen LogP) is 4.56. The van der Waals surface area contributed by atoms with Crippen LogP contribution in [0.2, 0.25) is 0 Å². The number of imidazole rings is 1. The number of allylic oxidation sites excluding steroid dienone is 1. The summed E-state index contributed by atoms with van der Waals surface area (Å²) in [6.45, 7) is 0.